The Labute approximate surface area is 259 Å². The van der Waals surface area contributed by atoms with Crippen LogP contribution >= 0.6 is 0 Å². The highest BCUT2D eigenvalue weighted by atomic mass is 32.2. The fourth-order valence-electron chi connectivity index (χ4n) is 5.24. The number of hydrogen-bond donors (Lipinski definition) is 0. The first-order valence-electron chi connectivity index (χ1n) is 14.6. The molecule has 3 aromatic carbocycles. The van der Waals surface area contributed by atoms with Crippen molar-refractivity contribution >= 4 is 16.4 Å². The zero-order valence-corrected chi connectivity index (χ0v) is 26.0. The third-order valence-electron chi connectivity index (χ3n) is 7.20. The van der Waals surface area contributed by atoms with Crippen LogP contribution in [0.15, 0.2) is 91.0 Å². The molecule has 0 radical (unpaired) electrons. The Kier molecular flexibility index (Phi) is 10.0. The van der Waals surface area contributed by atoms with Gasteiger partial charge in [0, 0.05) is 6.42 Å². The number of rotatable bonds is 10. The number of nitrogens with zero attached hydrogens (tertiary/aromatic N) is 1. The SMILES string of the molecule is CC(C)(C)OC(=O)N1[C@]2(COS1(=O)=O)C[C@@H](OCc1ccccc1)[C@H](OCc1ccccc1)C(COCc1ccccc1)O2. The third kappa shape index (κ3) is 8.03. The van der Waals surface area contributed by atoms with Gasteiger partial charge >= 0.3 is 16.4 Å². The summed E-state index contributed by atoms with van der Waals surface area (Å²) < 4.78 is 63.2. The minimum atomic E-state index is -4.52. The first-order valence-corrected chi connectivity index (χ1v) is 15.9. The summed E-state index contributed by atoms with van der Waals surface area (Å²) in [5.41, 5.74) is 0.120. The van der Waals surface area contributed by atoms with Crippen molar-refractivity contribution in [1.82, 2.24) is 4.31 Å². The van der Waals surface area contributed by atoms with Crippen molar-refractivity contribution in [3.63, 3.8) is 0 Å². The molecule has 44 heavy (non-hydrogen) atoms. The number of carbonyl (C=O) groups is 1. The average Bonchev–Trinajstić information content (AvgIpc) is 3.25. The smallest absolute Gasteiger partial charge is 0.428 e. The molecule has 2 saturated heterocycles. The second-order valence-corrected chi connectivity index (χ2v) is 13.3. The van der Waals surface area contributed by atoms with Crippen LogP contribution in [0.4, 0.5) is 4.79 Å². The van der Waals surface area contributed by atoms with Crippen molar-refractivity contribution in [3.05, 3.63) is 108 Å². The van der Waals surface area contributed by atoms with Crippen molar-refractivity contribution in [2.75, 3.05) is 13.2 Å². The molecular weight excluding hydrogens is 586 g/mol. The summed E-state index contributed by atoms with van der Waals surface area (Å²) in [4.78, 5) is 13.4. The summed E-state index contributed by atoms with van der Waals surface area (Å²) in [5, 5.41) is 0. The van der Waals surface area contributed by atoms with Gasteiger partial charge in [-0.15, -0.1) is 4.31 Å². The average molecular weight is 626 g/mol. The van der Waals surface area contributed by atoms with Gasteiger partial charge in [0.2, 0.25) is 0 Å². The molecule has 2 heterocycles. The van der Waals surface area contributed by atoms with Crippen LogP contribution in [0, 0.1) is 0 Å². The molecule has 1 unspecified atom stereocenters. The third-order valence-corrected chi connectivity index (χ3v) is 8.54. The van der Waals surface area contributed by atoms with E-state index in [0.717, 1.165) is 16.7 Å². The molecule has 2 aliphatic rings. The predicted molar refractivity (Wildman–Crippen MR) is 161 cm³/mol. The second-order valence-electron chi connectivity index (χ2n) is 11.9. The summed E-state index contributed by atoms with van der Waals surface area (Å²) in [5.74, 6) is 0. The molecule has 2 fully saturated rings. The van der Waals surface area contributed by atoms with Crippen LogP contribution in [0.3, 0.4) is 0 Å². The summed E-state index contributed by atoms with van der Waals surface area (Å²) in [6.45, 7) is 5.34. The van der Waals surface area contributed by atoms with Crippen LogP contribution in [-0.4, -0.2) is 61.7 Å². The summed E-state index contributed by atoms with van der Waals surface area (Å²) in [7, 11) is -4.52. The van der Waals surface area contributed by atoms with Gasteiger partial charge in [0.05, 0.1) is 32.5 Å². The standard InChI is InChI=1S/C33H39NO9S/c1-32(2,3)43-31(35)34-33(24-41-44(34,36)37)19-28(39-21-26-15-9-5-10-16-26)30(40-22-27-17-11-6-12-18-27)29(42-33)23-38-20-25-13-7-4-8-14-25/h4-18,28-30H,19-24H2,1-3H3/t28-,29?,30+,33-/m1/s1. The van der Waals surface area contributed by atoms with Gasteiger partial charge in [-0.2, -0.15) is 8.42 Å². The lowest BCUT2D eigenvalue weighted by molar-refractivity contribution is -0.275. The van der Waals surface area contributed by atoms with E-state index in [9.17, 15) is 13.2 Å². The van der Waals surface area contributed by atoms with Crippen molar-refractivity contribution in [2.24, 2.45) is 0 Å². The molecule has 2 aliphatic heterocycles. The van der Waals surface area contributed by atoms with Crippen LogP contribution in [-0.2, 0) is 58.0 Å². The molecule has 1 amide bonds. The summed E-state index contributed by atoms with van der Waals surface area (Å²) in [6, 6.07) is 28.9. The Morgan fingerprint density at radius 1 is 0.841 bits per heavy atom. The van der Waals surface area contributed by atoms with Crippen molar-refractivity contribution in [3.8, 4) is 0 Å². The molecular formula is C33H39NO9S. The molecule has 3 aromatic rings. The highest BCUT2D eigenvalue weighted by Crippen LogP contribution is 2.43. The highest BCUT2D eigenvalue weighted by molar-refractivity contribution is 7.85. The van der Waals surface area contributed by atoms with E-state index in [1.54, 1.807) is 20.8 Å². The molecule has 0 aliphatic carbocycles. The van der Waals surface area contributed by atoms with Gasteiger partial charge in [-0.1, -0.05) is 91.0 Å². The largest absolute Gasteiger partial charge is 0.443 e. The van der Waals surface area contributed by atoms with Crippen molar-refractivity contribution < 1.29 is 41.1 Å². The molecule has 5 rings (SSSR count). The lowest BCUT2D eigenvalue weighted by Gasteiger charge is -2.47. The normalized spacial score (nSPS) is 24.8. The van der Waals surface area contributed by atoms with Gasteiger partial charge in [-0.25, -0.2) is 8.98 Å². The van der Waals surface area contributed by atoms with Gasteiger partial charge in [0.15, 0.2) is 5.72 Å². The lowest BCUT2D eigenvalue weighted by Crippen LogP contribution is -2.64. The van der Waals surface area contributed by atoms with Crippen LogP contribution in [0.2, 0.25) is 0 Å². The minimum absolute atomic E-state index is 0.0313. The predicted octanol–water partition coefficient (Wildman–Crippen LogP) is 5.37. The number of carbonyl (C=O) groups excluding carboxylic acids is 1. The van der Waals surface area contributed by atoms with Gasteiger partial charge in [0.25, 0.3) is 0 Å². The molecule has 11 heteroatoms. The molecule has 1 spiro atoms. The maximum absolute atomic E-state index is 13.4. The Hall–Kier alpha value is -3.32. The number of benzene rings is 3. The number of ether oxygens (including phenoxy) is 5. The molecule has 0 N–H and O–H groups in total. The van der Waals surface area contributed by atoms with Gasteiger partial charge in [-0.3, -0.25) is 0 Å². The topological polar surface area (TPSA) is 110 Å². The maximum Gasteiger partial charge on any atom is 0.428 e. The summed E-state index contributed by atoms with van der Waals surface area (Å²) in [6.07, 6.45) is -3.36. The first kappa shape index (κ1) is 32.1. The van der Waals surface area contributed by atoms with Crippen LogP contribution in [0.1, 0.15) is 43.9 Å². The molecule has 10 nitrogen and oxygen atoms in total. The Morgan fingerprint density at radius 3 is 1.91 bits per heavy atom. The van der Waals surface area contributed by atoms with E-state index in [0.29, 0.717) is 10.9 Å². The number of amides is 1. The maximum atomic E-state index is 13.4. The van der Waals surface area contributed by atoms with Gasteiger partial charge in [0.1, 0.15) is 24.4 Å². The van der Waals surface area contributed by atoms with E-state index < -0.39 is 52.6 Å². The quantitative estimate of drug-likeness (QED) is 0.294. The Morgan fingerprint density at radius 2 is 1.36 bits per heavy atom. The van der Waals surface area contributed by atoms with Gasteiger partial charge in [-0.05, 0) is 37.5 Å². The van der Waals surface area contributed by atoms with E-state index in [1.807, 2.05) is 91.0 Å². The Bertz CT molecular complexity index is 1470. The van der Waals surface area contributed by atoms with Crippen LogP contribution in [0.25, 0.3) is 0 Å². The lowest BCUT2D eigenvalue weighted by atomic mass is 9.93. The van der Waals surface area contributed by atoms with E-state index in [2.05, 4.69) is 0 Å². The van der Waals surface area contributed by atoms with Crippen molar-refractivity contribution in [1.29, 1.82) is 0 Å². The van der Waals surface area contributed by atoms with Crippen LogP contribution in [0.5, 0.6) is 0 Å². The van der Waals surface area contributed by atoms with Crippen LogP contribution < -0.4 is 0 Å². The van der Waals surface area contributed by atoms with Crippen molar-refractivity contribution in [2.45, 2.75) is 76.7 Å². The Balaban J connectivity index is 1.47. The highest BCUT2D eigenvalue weighted by Gasteiger charge is 2.62. The van der Waals surface area contributed by atoms with E-state index in [-0.39, 0.29) is 26.2 Å². The molecule has 0 aromatic heterocycles. The molecule has 0 saturated carbocycles. The van der Waals surface area contributed by atoms with E-state index in [1.165, 1.54) is 0 Å². The summed E-state index contributed by atoms with van der Waals surface area (Å²) >= 11 is 0. The molecule has 236 valence electrons. The fraction of sp³-hybridized carbons (Fsp3) is 0.424. The first-order chi connectivity index (χ1) is 21.0. The zero-order chi connectivity index (χ0) is 31.2. The fourth-order valence-corrected chi connectivity index (χ4v) is 6.48. The second kappa shape index (κ2) is 13.8. The van der Waals surface area contributed by atoms with E-state index >= 15 is 0 Å². The monoisotopic (exact) mass is 625 g/mol. The zero-order valence-electron chi connectivity index (χ0n) is 25.2. The van der Waals surface area contributed by atoms with Gasteiger partial charge < -0.3 is 23.7 Å². The van der Waals surface area contributed by atoms with E-state index in [4.69, 9.17) is 27.9 Å². The minimum Gasteiger partial charge on any atom is -0.443 e. The molecule has 4 atom stereocenters. The molecule has 0 bridgehead atoms. The number of hydrogen-bond acceptors (Lipinski definition) is 9.